The summed E-state index contributed by atoms with van der Waals surface area (Å²) in [6.45, 7) is 0. The van der Waals surface area contributed by atoms with E-state index in [-0.39, 0.29) is 11.1 Å². The molecular weight excluding hydrogens is 306 g/mol. The topological polar surface area (TPSA) is 88.9 Å². The number of nitro groups is 1. The number of aromatic nitrogens is 2. The van der Waals surface area contributed by atoms with Crippen molar-refractivity contribution < 1.29 is 4.92 Å². The Hall–Kier alpha value is -3.54. The summed E-state index contributed by atoms with van der Waals surface area (Å²) in [5.41, 5.74) is 0.679. The number of rotatable bonds is 2. The third-order valence-electron chi connectivity index (χ3n) is 3.92. The molecule has 116 valence electrons. The van der Waals surface area contributed by atoms with E-state index in [4.69, 9.17) is 0 Å². The largest absolute Gasteiger partial charge is 0.306 e. The zero-order chi connectivity index (χ0) is 16.7. The van der Waals surface area contributed by atoms with Crippen molar-refractivity contribution >= 4 is 27.4 Å². The van der Waals surface area contributed by atoms with Gasteiger partial charge in [-0.25, -0.2) is 4.98 Å². The highest BCUT2D eigenvalue weighted by Gasteiger charge is 2.11. The summed E-state index contributed by atoms with van der Waals surface area (Å²) >= 11 is 0. The molecule has 0 atom stereocenters. The van der Waals surface area contributed by atoms with Crippen molar-refractivity contribution in [1.29, 1.82) is 0 Å². The van der Waals surface area contributed by atoms with Crippen LogP contribution >= 0.6 is 0 Å². The maximum atomic E-state index is 12.3. The minimum atomic E-state index is -0.532. The lowest BCUT2D eigenvalue weighted by Crippen LogP contribution is -2.09. The van der Waals surface area contributed by atoms with Gasteiger partial charge >= 0.3 is 0 Å². The van der Waals surface area contributed by atoms with Gasteiger partial charge in [0.15, 0.2) is 0 Å². The van der Waals surface area contributed by atoms with Gasteiger partial charge in [-0.1, -0.05) is 36.4 Å². The van der Waals surface area contributed by atoms with Crippen LogP contribution in [0.3, 0.4) is 0 Å². The lowest BCUT2D eigenvalue weighted by atomic mass is 10.1. The van der Waals surface area contributed by atoms with Gasteiger partial charge in [0.1, 0.15) is 5.82 Å². The van der Waals surface area contributed by atoms with Gasteiger partial charge in [0.25, 0.3) is 11.2 Å². The Labute approximate surface area is 135 Å². The van der Waals surface area contributed by atoms with E-state index >= 15 is 0 Å². The lowest BCUT2D eigenvalue weighted by Gasteiger charge is -2.05. The zero-order valence-electron chi connectivity index (χ0n) is 12.4. The molecule has 4 aromatic rings. The third-order valence-corrected chi connectivity index (χ3v) is 3.92. The molecule has 0 aliphatic carbocycles. The molecule has 0 spiro atoms. The second-order valence-corrected chi connectivity index (χ2v) is 5.44. The van der Waals surface area contributed by atoms with Crippen LogP contribution in [0.1, 0.15) is 0 Å². The molecule has 0 bridgehead atoms. The fourth-order valence-corrected chi connectivity index (χ4v) is 2.71. The molecule has 4 rings (SSSR count). The standard InChI is InChI=1S/C18H11N3O3/c22-18-15-10-14(21(23)24)7-8-16(15)19-17(20-18)13-6-5-11-3-1-2-4-12(11)9-13/h1-10H,(H,19,20,22). The van der Waals surface area contributed by atoms with Crippen molar-refractivity contribution in [3.63, 3.8) is 0 Å². The van der Waals surface area contributed by atoms with Crippen molar-refractivity contribution in [2.45, 2.75) is 0 Å². The van der Waals surface area contributed by atoms with Gasteiger partial charge in [0, 0.05) is 17.7 Å². The predicted octanol–water partition coefficient (Wildman–Crippen LogP) is 3.65. The Morgan fingerprint density at radius 3 is 2.54 bits per heavy atom. The summed E-state index contributed by atoms with van der Waals surface area (Å²) in [6.07, 6.45) is 0. The summed E-state index contributed by atoms with van der Waals surface area (Å²) in [7, 11) is 0. The number of nitrogens with zero attached hydrogens (tertiary/aromatic N) is 2. The van der Waals surface area contributed by atoms with Gasteiger partial charge in [-0.05, 0) is 22.9 Å². The van der Waals surface area contributed by atoms with Crippen LogP contribution in [-0.4, -0.2) is 14.9 Å². The first-order valence-corrected chi connectivity index (χ1v) is 7.29. The summed E-state index contributed by atoms with van der Waals surface area (Å²) in [5, 5.41) is 13.2. The number of aromatic amines is 1. The van der Waals surface area contributed by atoms with Crippen LogP contribution < -0.4 is 5.56 Å². The molecule has 0 aliphatic rings. The first-order valence-electron chi connectivity index (χ1n) is 7.29. The average molecular weight is 317 g/mol. The van der Waals surface area contributed by atoms with E-state index in [0.29, 0.717) is 11.3 Å². The molecule has 0 fully saturated rings. The van der Waals surface area contributed by atoms with Crippen molar-refractivity contribution in [3.8, 4) is 11.4 Å². The molecular formula is C18H11N3O3. The first-order chi connectivity index (χ1) is 11.6. The third kappa shape index (κ3) is 2.30. The van der Waals surface area contributed by atoms with Crippen LogP contribution in [0.15, 0.2) is 65.5 Å². The van der Waals surface area contributed by atoms with Crippen LogP contribution in [-0.2, 0) is 0 Å². The molecule has 1 heterocycles. The van der Waals surface area contributed by atoms with E-state index in [1.54, 1.807) is 0 Å². The molecule has 0 saturated carbocycles. The van der Waals surface area contributed by atoms with E-state index in [0.717, 1.165) is 16.3 Å². The monoisotopic (exact) mass is 317 g/mol. The highest BCUT2D eigenvalue weighted by Crippen LogP contribution is 2.23. The second kappa shape index (κ2) is 5.27. The Morgan fingerprint density at radius 1 is 0.958 bits per heavy atom. The van der Waals surface area contributed by atoms with Crippen molar-refractivity contribution in [1.82, 2.24) is 9.97 Å². The Morgan fingerprint density at radius 2 is 1.75 bits per heavy atom. The zero-order valence-corrected chi connectivity index (χ0v) is 12.4. The number of benzene rings is 3. The molecule has 1 N–H and O–H groups in total. The summed E-state index contributed by atoms with van der Waals surface area (Å²) in [4.78, 5) is 29.7. The highest BCUT2D eigenvalue weighted by atomic mass is 16.6. The van der Waals surface area contributed by atoms with Crippen LogP contribution in [0.5, 0.6) is 0 Å². The van der Waals surface area contributed by atoms with Crippen LogP contribution in [0.2, 0.25) is 0 Å². The Kier molecular flexibility index (Phi) is 3.09. The maximum absolute atomic E-state index is 12.3. The number of nitro benzene ring substituents is 1. The quantitative estimate of drug-likeness (QED) is 0.451. The van der Waals surface area contributed by atoms with E-state index in [2.05, 4.69) is 9.97 Å². The SMILES string of the molecule is O=c1[nH]c(-c2ccc3ccccc3c2)nc2ccc([N+](=O)[O-])cc12. The second-order valence-electron chi connectivity index (χ2n) is 5.44. The van der Waals surface area contributed by atoms with Crippen LogP contribution in [0.25, 0.3) is 33.1 Å². The fraction of sp³-hybridized carbons (Fsp3) is 0. The molecule has 0 aliphatic heterocycles. The average Bonchev–Trinajstić information content (AvgIpc) is 2.61. The van der Waals surface area contributed by atoms with Gasteiger partial charge < -0.3 is 4.98 Å². The van der Waals surface area contributed by atoms with Gasteiger partial charge in [-0.3, -0.25) is 14.9 Å². The molecule has 0 saturated heterocycles. The van der Waals surface area contributed by atoms with E-state index in [1.807, 2.05) is 42.5 Å². The molecule has 24 heavy (non-hydrogen) atoms. The molecule has 3 aromatic carbocycles. The molecule has 0 radical (unpaired) electrons. The number of nitrogens with one attached hydrogen (secondary N) is 1. The minimum Gasteiger partial charge on any atom is -0.306 e. The van der Waals surface area contributed by atoms with E-state index < -0.39 is 10.5 Å². The molecule has 0 amide bonds. The van der Waals surface area contributed by atoms with E-state index in [1.165, 1.54) is 18.2 Å². The summed E-state index contributed by atoms with van der Waals surface area (Å²) < 4.78 is 0. The van der Waals surface area contributed by atoms with E-state index in [9.17, 15) is 14.9 Å². The highest BCUT2D eigenvalue weighted by molar-refractivity contribution is 5.87. The number of non-ortho nitro benzene ring substituents is 1. The van der Waals surface area contributed by atoms with Crippen molar-refractivity contribution in [2.75, 3.05) is 0 Å². The van der Waals surface area contributed by atoms with Crippen molar-refractivity contribution in [2.24, 2.45) is 0 Å². The molecule has 1 aromatic heterocycles. The van der Waals surface area contributed by atoms with Gasteiger partial charge in [0.2, 0.25) is 0 Å². The molecule has 6 heteroatoms. The van der Waals surface area contributed by atoms with Crippen LogP contribution in [0, 0.1) is 10.1 Å². The minimum absolute atomic E-state index is 0.131. The Bertz CT molecular complexity index is 1160. The normalized spacial score (nSPS) is 11.0. The molecule has 0 unspecified atom stereocenters. The maximum Gasteiger partial charge on any atom is 0.270 e. The lowest BCUT2D eigenvalue weighted by molar-refractivity contribution is -0.384. The summed E-state index contributed by atoms with van der Waals surface area (Å²) in [6, 6.07) is 17.8. The summed E-state index contributed by atoms with van der Waals surface area (Å²) in [5.74, 6) is 0.437. The number of H-pyrrole nitrogens is 1. The Balaban J connectivity index is 1.91. The predicted molar refractivity (Wildman–Crippen MR) is 92.0 cm³/mol. The first kappa shape index (κ1) is 14.1. The van der Waals surface area contributed by atoms with Gasteiger partial charge in [-0.2, -0.15) is 0 Å². The number of hydrogen-bond acceptors (Lipinski definition) is 4. The van der Waals surface area contributed by atoms with Crippen LogP contribution in [0.4, 0.5) is 5.69 Å². The molecule has 6 nitrogen and oxygen atoms in total. The van der Waals surface area contributed by atoms with Gasteiger partial charge in [-0.15, -0.1) is 0 Å². The smallest absolute Gasteiger partial charge is 0.270 e. The van der Waals surface area contributed by atoms with Crippen molar-refractivity contribution in [3.05, 3.63) is 81.1 Å². The fourth-order valence-electron chi connectivity index (χ4n) is 2.71. The number of hydrogen-bond donors (Lipinski definition) is 1. The van der Waals surface area contributed by atoms with Gasteiger partial charge in [0.05, 0.1) is 15.8 Å². The number of fused-ring (bicyclic) bond motifs is 2.